The van der Waals surface area contributed by atoms with Crippen LogP contribution in [0.5, 0.6) is 0 Å². The molecule has 0 aromatic carbocycles. The first kappa shape index (κ1) is 13.3. The number of esters is 1. The van der Waals surface area contributed by atoms with Crippen LogP contribution in [0.25, 0.3) is 0 Å². The molecule has 0 atom stereocenters. The Morgan fingerprint density at radius 3 is 3.00 bits per heavy atom. The van der Waals surface area contributed by atoms with Crippen molar-refractivity contribution in [3.63, 3.8) is 0 Å². The first-order chi connectivity index (χ1) is 8.19. The Labute approximate surface area is 104 Å². The molecular weight excluding hydrogens is 238 g/mol. The Bertz CT molecular complexity index is 466. The second kappa shape index (κ2) is 6.76. The van der Waals surface area contributed by atoms with Gasteiger partial charge in [-0.05, 0) is 13.8 Å². The fourth-order valence-corrected chi connectivity index (χ4v) is 1.62. The van der Waals surface area contributed by atoms with Crippen LogP contribution in [0.3, 0.4) is 0 Å². The summed E-state index contributed by atoms with van der Waals surface area (Å²) in [5.41, 5.74) is 5.85. The molecule has 0 bridgehead atoms. The minimum Gasteiger partial charge on any atom is -0.462 e. The van der Waals surface area contributed by atoms with Gasteiger partial charge in [0.1, 0.15) is 11.4 Å². The van der Waals surface area contributed by atoms with Gasteiger partial charge in [0, 0.05) is 6.20 Å². The molecule has 2 N–H and O–H groups in total. The van der Waals surface area contributed by atoms with E-state index in [0.717, 1.165) is 0 Å². The van der Waals surface area contributed by atoms with Crippen molar-refractivity contribution >= 4 is 23.5 Å². The van der Waals surface area contributed by atoms with E-state index in [2.05, 4.69) is 21.8 Å². The molecule has 1 aromatic rings. The van der Waals surface area contributed by atoms with E-state index in [-0.39, 0.29) is 11.4 Å². The lowest BCUT2D eigenvalue weighted by atomic mass is 10.3. The largest absolute Gasteiger partial charge is 0.462 e. The quantitative estimate of drug-likeness (QED) is 0.377. The Morgan fingerprint density at radius 2 is 2.41 bits per heavy atom. The highest BCUT2D eigenvalue weighted by molar-refractivity contribution is 7.99. The Kier molecular flexibility index (Phi) is 5.30. The third kappa shape index (κ3) is 3.96. The zero-order chi connectivity index (χ0) is 12.7. The van der Waals surface area contributed by atoms with Gasteiger partial charge in [0.25, 0.3) is 0 Å². The number of carbonyl (C=O) groups excluding carboxylic acids is 1. The molecule has 0 saturated heterocycles. The molecule has 0 saturated carbocycles. The molecule has 90 valence electrons. The Balaban J connectivity index is 2.77. The van der Waals surface area contributed by atoms with Crippen molar-refractivity contribution < 1.29 is 9.53 Å². The average Bonchev–Trinajstić information content (AvgIpc) is 2.29. The van der Waals surface area contributed by atoms with E-state index in [0.29, 0.717) is 17.5 Å². The summed E-state index contributed by atoms with van der Waals surface area (Å²) in [5.74, 6) is 5.86. The maximum absolute atomic E-state index is 11.4. The zero-order valence-electron chi connectivity index (χ0n) is 9.69. The zero-order valence-corrected chi connectivity index (χ0v) is 10.5. The van der Waals surface area contributed by atoms with E-state index in [1.54, 1.807) is 13.8 Å². The molecule has 6 heteroatoms. The van der Waals surface area contributed by atoms with E-state index in [1.807, 2.05) is 0 Å². The number of nitrogen functional groups attached to an aromatic ring is 1. The lowest BCUT2D eigenvalue weighted by molar-refractivity contribution is 0.0526. The highest BCUT2D eigenvalue weighted by atomic mass is 32.2. The van der Waals surface area contributed by atoms with Gasteiger partial charge in [-0.2, -0.15) is 0 Å². The number of nitrogens with two attached hydrogens (primary N) is 1. The molecule has 0 amide bonds. The molecule has 0 aliphatic carbocycles. The summed E-state index contributed by atoms with van der Waals surface area (Å²) in [6.07, 6.45) is 1.38. The molecule has 17 heavy (non-hydrogen) atoms. The minimum absolute atomic E-state index is 0.130. The number of carbonyl (C=O) groups is 1. The van der Waals surface area contributed by atoms with Crippen LogP contribution in [-0.4, -0.2) is 28.3 Å². The number of anilines is 1. The van der Waals surface area contributed by atoms with Gasteiger partial charge in [-0.1, -0.05) is 17.7 Å². The molecule has 1 heterocycles. The highest BCUT2D eigenvalue weighted by Gasteiger charge is 2.13. The van der Waals surface area contributed by atoms with Crippen LogP contribution in [0.1, 0.15) is 24.2 Å². The van der Waals surface area contributed by atoms with Gasteiger partial charge in [0.15, 0.2) is 5.16 Å². The van der Waals surface area contributed by atoms with Gasteiger partial charge in [-0.15, -0.1) is 5.92 Å². The molecule has 5 nitrogen and oxygen atoms in total. The number of hydrogen-bond donors (Lipinski definition) is 1. The lowest BCUT2D eigenvalue weighted by Crippen LogP contribution is -2.10. The standard InChI is InChI=1S/C11H13N3O2S/c1-3-5-6-17-11-13-7-8(9(12)14-11)10(15)16-4-2/h7H,4,6H2,1-2H3,(H2,12,13,14). The second-order valence-corrected chi connectivity index (χ2v) is 3.83. The molecule has 1 rings (SSSR count). The van der Waals surface area contributed by atoms with Crippen molar-refractivity contribution in [2.75, 3.05) is 18.1 Å². The van der Waals surface area contributed by atoms with E-state index >= 15 is 0 Å². The lowest BCUT2D eigenvalue weighted by Gasteiger charge is -2.04. The smallest absolute Gasteiger partial charge is 0.343 e. The highest BCUT2D eigenvalue weighted by Crippen LogP contribution is 2.16. The van der Waals surface area contributed by atoms with E-state index < -0.39 is 5.97 Å². The normalized spacial score (nSPS) is 9.29. The summed E-state index contributed by atoms with van der Waals surface area (Å²) in [6.45, 7) is 3.78. The fourth-order valence-electron chi connectivity index (χ4n) is 0.987. The Morgan fingerprint density at radius 1 is 1.65 bits per heavy atom. The first-order valence-electron chi connectivity index (χ1n) is 5.01. The fraction of sp³-hybridized carbons (Fsp3) is 0.364. The van der Waals surface area contributed by atoms with E-state index in [9.17, 15) is 4.79 Å². The molecule has 0 spiro atoms. The number of nitrogens with zero attached hydrogens (tertiary/aromatic N) is 2. The van der Waals surface area contributed by atoms with Crippen molar-refractivity contribution in [1.29, 1.82) is 0 Å². The number of thioether (sulfide) groups is 1. The maximum atomic E-state index is 11.4. The molecule has 0 radical (unpaired) electrons. The van der Waals surface area contributed by atoms with Crippen molar-refractivity contribution in [2.24, 2.45) is 0 Å². The molecule has 0 unspecified atom stereocenters. The summed E-state index contributed by atoms with van der Waals surface area (Å²) in [7, 11) is 0. The summed E-state index contributed by atoms with van der Waals surface area (Å²) in [6, 6.07) is 0. The van der Waals surface area contributed by atoms with Gasteiger partial charge in [0.05, 0.1) is 12.4 Å². The van der Waals surface area contributed by atoms with Gasteiger partial charge in [-0.25, -0.2) is 14.8 Å². The van der Waals surface area contributed by atoms with Crippen LogP contribution in [0.15, 0.2) is 11.4 Å². The minimum atomic E-state index is -0.505. The second-order valence-electron chi connectivity index (χ2n) is 2.89. The monoisotopic (exact) mass is 251 g/mol. The predicted octanol–water partition coefficient (Wildman–Crippen LogP) is 1.35. The van der Waals surface area contributed by atoms with Gasteiger partial charge >= 0.3 is 5.97 Å². The summed E-state index contributed by atoms with van der Waals surface area (Å²) in [4.78, 5) is 19.5. The molecule has 0 fully saturated rings. The number of ether oxygens (including phenoxy) is 1. The predicted molar refractivity (Wildman–Crippen MR) is 66.6 cm³/mol. The van der Waals surface area contributed by atoms with Crippen molar-refractivity contribution in [1.82, 2.24) is 9.97 Å². The Hall–Kier alpha value is -1.74. The van der Waals surface area contributed by atoms with Gasteiger partial charge in [0.2, 0.25) is 0 Å². The van der Waals surface area contributed by atoms with Gasteiger partial charge < -0.3 is 10.5 Å². The third-order valence-corrected chi connectivity index (χ3v) is 2.49. The third-order valence-electron chi connectivity index (χ3n) is 1.74. The number of hydrogen-bond acceptors (Lipinski definition) is 6. The average molecular weight is 251 g/mol. The van der Waals surface area contributed by atoms with Crippen LogP contribution >= 0.6 is 11.8 Å². The number of aromatic nitrogens is 2. The van der Waals surface area contributed by atoms with Crippen LogP contribution < -0.4 is 5.73 Å². The summed E-state index contributed by atoms with van der Waals surface area (Å²) >= 11 is 1.36. The molecule has 0 aliphatic heterocycles. The number of rotatable bonds is 4. The first-order valence-corrected chi connectivity index (χ1v) is 5.99. The molecule has 1 aromatic heterocycles. The molecule has 0 aliphatic rings. The summed E-state index contributed by atoms with van der Waals surface area (Å²) in [5, 5.41) is 0.498. The van der Waals surface area contributed by atoms with Crippen LogP contribution in [0.4, 0.5) is 5.82 Å². The van der Waals surface area contributed by atoms with E-state index in [4.69, 9.17) is 10.5 Å². The van der Waals surface area contributed by atoms with Crippen LogP contribution in [0.2, 0.25) is 0 Å². The van der Waals surface area contributed by atoms with Crippen molar-refractivity contribution in [3.8, 4) is 11.8 Å². The molecular formula is C11H13N3O2S. The topological polar surface area (TPSA) is 78.1 Å². The van der Waals surface area contributed by atoms with Gasteiger partial charge in [-0.3, -0.25) is 0 Å². The van der Waals surface area contributed by atoms with Crippen molar-refractivity contribution in [2.45, 2.75) is 19.0 Å². The van der Waals surface area contributed by atoms with Crippen LogP contribution in [-0.2, 0) is 4.74 Å². The van der Waals surface area contributed by atoms with Crippen molar-refractivity contribution in [3.05, 3.63) is 11.8 Å². The maximum Gasteiger partial charge on any atom is 0.343 e. The van der Waals surface area contributed by atoms with E-state index in [1.165, 1.54) is 18.0 Å². The van der Waals surface area contributed by atoms with Crippen LogP contribution in [0, 0.1) is 11.8 Å². The SMILES string of the molecule is CC#CCSc1ncc(C(=O)OCC)c(N)n1. The summed E-state index contributed by atoms with van der Waals surface area (Å²) < 4.78 is 4.82.